The molecule has 0 fully saturated rings. The third-order valence-electron chi connectivity index (χ3n) is 1.84. The molecule has 0 saturated heterocycles. The zero-order valence-electron chi connectivity index (χ0n) is 7.14. The summed E-state index contributed by atoms with van der Waals surface area (Å²) in [6, 6.07) is 9.64. The largest absolute Gasteiger partial charge is 0.391 e. The van der Waals surface area contributed by atoms with E-state index in [-0.39, 0.29) is 0 Å². The molecule has 0 aromatic heterocycles. The van der Waals surface area contributed by atoms with Gasteiger partial charge >= 0.3 is 0 Å². The Balaban J connectivity index is 2.53. The quantitative estimate of drug-likeness (QED) is 0.702. The number of rotatable bonds is 3. The molecule has 0 aliphatic rings. The first-order valence-electron chi connectivity index (χ1n) is 4.10. The van der Waals surface area contributed by atoms with Crippen LogP contribution in [0.3, 0.4) is 0 Å². The minimum Gasteiger partial charge on any atom is -0.391 e. The van der Waals surface area contributed by atoms with Crippen molar-refractivity contribution in [3.05, 3.63) is 35.9 Å². The van der Waals surface area contributed by atoms with Gasteiger partial charge in [0.1, 0.15) is 0 Å². The van der Waals surface area contributed by atoms with Crippen molar-refractivity contribution in [2.75, 3.05) is 0 Å². The van der Waals surface area contributed by atoms with Gasteiger partial charge < -0.3 is 10.2 Å². The standard InChI is InChI=1S/C10H14O2/c1-8(11)10(12)7-9-5-3-2-4-6-9/h2-6,8,10-12H,7H2,1H3/t8-,10?/m0/s1. The van der Waals surface area contributed by atoms with E-state index < -0.39 is 12.2 Å². The topological polar surface area (TPSA) is 40.5 Å². The van der Waals surface area contributed by atoms with Crippen LogP contribution in [-0.4, -0.2) is 22.4 Å². The maximum Gasteiger partial charge on any atom is 0.0836 e. The zero-order chi connectivity index (χ0) is 8.97. The lowest BCUT2D eigenvalue weighted by molar-refractivity contribution is 0.0320. The van der Waals surface area contributed by atoms with E-state index in [0.29, 0.717) is 6.42 Å². The van der Waals surface area contributed by atoms with E-state index in [9.17, 15) is 5.11 Å². The van der Waals surface area contributed by atoms with Crippen LogP contribution in [0.2, 0.25) is 0 Å². The first-order valence-corrected chi connectivity index (χ1v) is 4.10. The highest BCUT2D eigenvalue weighted by molar-refractivity contribution is 5.15. The lowest BCUT2D eigenvalue weighted by Crippen LogP contribution is -2.24. The fourth-order valence-electron chi connectivity index (χ4n) is 1.03. The maximum atomic E-state index is 9.33. The second-order valence-corrected chi connectivity index (χ2v) is 3.00. The molecule has 2 N–H and O–H groups in total. The van der Waals surface area contributed by atoms with Crippen molar-refractivity contribution >= 4 is 0 Å². The number of aliphatic hydroxyl groups is 2. The van der Waals surface area contributed by atoms with Crippen molar-refractivity contribution in [1.29, 1.82) is 0 Å². The molecule has 0 spiro atoms. The molecule has 1 rings (SSSR count). The number of hydrogen-bond donors (Lipinski definition) is 2. The Kier molecular flexibility index (Phi) is 3.26. The molecule has 66 valence electrons. The van der Waals surface area contributed by atoms with E-state index >= 15 is 0 Å². The number of hydrogen-bond acceptors (Lipinski definition) is 2. The van der Waals surface area contributed by atoms with Gasteiger partial charge in [0.25, 0.3) is 0 Å². The molecule has 12 heavy (non-hydrogen) atoms. The van der Waals surface area contributed by atoms with Crippen LogP contribution in [0.4, 0.5) is 0 Å². The van der Waals surface area contributed by atoms with Crippen LogP contribution in [0.25, 0.3) is 0 Å². The van der Waals surface area contributed by atoms with Gasteiger partial charge in [-0.15, -0.1) is 0 Å². The molecule has 0 bridgehead atoms. The minimum absolute atomic E-state index is 0.512. The Morgan fingerprint density at radius 2 is 1.75 bits per heavy atom. The Labute approximate surface area is 72.5 Å². The summed E-state index contributed by atoms with van der Waals surface area (Å²) in [6.07, 6.45) is -0.809. The molecule has 2 nitrogen and oxygen atoms in total. The highest BCUT2D eigenvalue weighted by atomic mass is 16.3. The molecular formula is C10H14O2. The molecule has 1 aromatic rings. The fourth-order valence-corrected chi connectivity index (χ4v) is 1.03. The molecule has 0 amide bonds. The normalized spacial score (nSPS) is 15.6. The summed E-state index contributed by atoms with van der Waals surface area (Å²) in [4.78, 5) is 0. The van der Waals surface area contributed by atoms with Gasteiger partial charge in [-0.3, -0.25) is 0 Å². The highest BCUT2D eigenvalue weighted by Crippen LogP contribution is 2.05. The summed E-state index contributed by atoms with van der Waals surface area (Å²) in [7, 11) is 0. The second-order valence-electron chi connectivity index (χ2n) is 3.00. The summed E-state index contributed by atoms with van der Waals surface area (Å²) < 4.78 is 0. The van der Waals surface area contributed by atoms with Crippen molar-refractivity contribution in [2.24, 2.45) is 0 Å². The molecule has 0 heterocycles. The second kappa shape index (κ2) is 4.24. The van der Waals surface area contributed by atoms with Gasteiger partial charge in [0.05, 0.1) is 12.2 Å². The SMILES string of the molecule is C[C@H](O)C(O)Cc1ccccc1. The zero-order valence-corrected chi connectivity index (χ0v) is 7.14. The van der Waals surface area contributed by atoms with Gasteiger partial charge in [-0.2, -0.15) is 0 Å². The van der Waals surface area contributed by atoms with Crippen molar-refractivity contribution in [3.63, 3.8) is 0 Å². The van der Waals surface area contributed by atoms with E-state index in [0.717, 1.165) is 5.56 Å². The van der Waals surface area contributed by atoms with E-state index in [2.05, 4.69) is 0 Å². The molecule has 1 aromatic carbocycles. The minimum atomic E-state index is -0.662. The van der Waals surface area contributed by atoms with Crippen LogP contribution in [-0.2, 0) is 6.42 Å². The van der Waals surface area contributed by atoms with E-state index in [1.807, 2.05) is 30.3 Å². The molecule has 2 heteroatoms. The van der Waals surface area contributed by atoms with Gasteiger partial charge in [0.2, 0.25) is 0 Å². The van der Waals surface area contributed by atoms with Crippen LogP contribution < -0.4 is 0 Å². The van der Waals surface area contributed by atoms with E-state index in [4.69, 9.17) is 5.11 Å². The average Bonchev–Trinajstić information content (AvgIpc) is 2.06. The lowest BCUT2D eigenvalue weighted by atomic mass is 10.1. The van der Waals surface area contributed by atoms with Crippen molar-refractivity contribution in [3.8, 4) is 0 Å². The van der Waals surface area contributed by atoms with Crippen molar-refractivity contribution < 1.29 is 10.2 Å². The summed E-state index contributed by atoms with van der Waals surface area (Å²) in [6.45, 7) is 1.59. The molecular weight excluding hydrogens is 152 g/mol. The van der Waals surface area contributed by atoms with E-state index in [1.54, 1.807) is 6.92 Å². The molecule has 0 aliphatic heterocycles. The van der Waals surface area contributed by atoms with Crippen molar-refractivity contribution in [2.45, 2.75) is 25.6 Å². The third-order valence-corrected chi connectivity index (χ3v) is 1.84. The Morgan fingerprint density at radius 1 is 1.17 bits per heavy atom. The third kappa shape index (κ3) is 2.64. The summed E-state index contributed by atoms with van der Waals surface area (Å²) in [5.41, 5.74) is 1.05. The summed E-state index contributed by atoms with van der Waals surface area (Å²) in [5.74, 6) is 0. The van der Waals surface area contributed by atoms with Gasteiger partial charge in [0.15, 0.2) is 0 Å². The molecule has 0 saturated carbocycles. The van der Waals surface area contributed by atoms with Gasteiger partial charge in [-0.05, 0) is 12.5 Å². The number of aliphatic hydroxyl groups excluding tert-OH is 2. The van der Waals surface area contributed by atoms with Crippen LogP contribution in [0.1, 0.15) is 12.5 Å². The molecule has 0 aliphatic carbocycles. The lowest BCUT2D eigenvalue weighted by Gasteiger charge is -2.12. The van der Waals surface area contributed by atoms with Crippen molar-refractivity contribution in [1.82, 2.24) is 0 Å². The molecule has 2 atom stereocenters. The van der Waals surface area contributed by atoms with Crippen LogP contribution in [0, 0.1) is 0 Å². The van der Waals surface area contributed by atoms with Gasteiger partial charge in [0, 0.05) is 6.42 Å². The van der Waals surface area contributed by atoms with Crippen LogP contribution in [0.15, 0.2) is 30.3 Å². The average molecular weight is 166 g/mol. The Morgan fingerprint density at radius 3 is 2.25 bits per heavy atom. The smallest absolute Gasteiger partial charge is 0.0836 e. The van der Waals surface area contributed by atoms with Crippen LogP contribution >= 0.6 is 0 Å². The van der Waals surface area contributed by atoms with Gasteiger partial charge in [-0.1, -0.05) is 30.3 Å². The first kappa shape index (κ1) is 9.23. The Hall–Kier alpha value is -0.860. The predicted molar refractivity (Wildman–Crippen MR) is 47.8 cm³/mol. The predicted octanol–water partition coefficient (Wildman–Crippen LogP) is 0.971. The number of benzene rings is 1. The van der Waals surface area contributed by atoms with Crippen LogP contribution in [0.5, 0.6) is 0 Å². The molecule has 1 unspecified atom stereocenters. The monoisotopic (exact) mass is 166 g/mol. The summed E-state index contributed by atoms with van der Waals surface area (Å²) >= 11 is 0. The summed E-state index contributed by atoms with van der Waals surface area (Å²) in [5, 5.41) is 18.4. The van der Waals surface area contributed by atoms with E-state index in [1.165, 1.54) is 0 Å². The fraction of sp³-hybridized carbons (Fsp3) is 0.400. The first-order chi connectivity index (χ1) is 5.70. The maximum absolute atomic E-state index is 9.33. The van der Waals surface area contributed by atoms with Gasteiger partial charge in [-0.25, -0.2) is 0 Å². The highest BCUT2D eigenvalue weighted by Gasteiger charge is 2.10. The Bertz CT molecular complexity index is 219. The molecule has 0 radical (unpaired) electrons.